The molecule has 2 fully saturated rings. The number of urea groups is 1. The van der Waals surface area contributed by atoms with Crippen molar-refractivity contribution >= 4 is 12.0 Å². The van der Waals surface area contributed by atoms with Crippen LogP contribution in [0.1, 0.15) is 52.9 Å². The number of hydrogen-bond acceptors (Lipinski definition) is 2. The molecule has 3 atom stereocenters. The van der Waals surface area contributed by atoms with Gasteiger partial charge < -0.3 is 15.7 Å². The fourth-order valence-electron chi connectivity index (χ4n) is 3.46. The molecule has 3 unspecified atom stereocenters. The van der Waals surface area contributed by atoms with Gasteiger partial charge in [0, 0.05) is 12.6 Å². The largest absolute Gasteiger partial charge is 0.481 e. The van der Waals surface area contributed by atoms with Crippen molar-refractivity contribution in [1.29, 1.82) is 0 Å². The molecule has 2 saturated carbocycles. The van der Waals surface area contributed by atoms with Crippen molar-refractivity contribution in [2.75, 3.05) is 6.54 Å². The number of rotatable bonds is 5. The van der Waals surface area contributed by atoms with Crippen LogP contribution in [0.5, 0.6) is 0 Å². The normalized spacial score (nSPS) is 31.5. The van der Waals surface area contributed by atoms with Gasteiger partial charge in [-0.3, -0.25) is 4.79 Å². The second kappa shape index (κ2) is 6.24. The molecule has 0 aromatic rings. The van der Waals surface area contributed by atoms with E-state index in [1.54, 1.807) is 0 Å². The Bertz CT molecular complexity index is 404. The third-order valence-corrected chi connectivity index (χ3v) is 5.59. The van der Waals surface area contributed by atoms with Crippen molar-refractivity contribution in [3.63, 3.8) is 0 Å². The first-order valence-corrected chi connectivity index (χ1v) is 8.09. The van der Waals surface area contributed by atoms with Crippen molar-refractivity contribution in [2.45, 2.75) is 58.9 Å². The van der Waals surface area contributed by atoms with Gasteiger partial charge in [0.2, 0.25) is 0 Å². The smallest absolute Gasteiger partial charge is 0.315 e. The Hall–Kier alpha value is -1.26. The van der Waals surface area contributed by atoms with Gasteiger partial charge in [-0.2, -0.15) is 0 Å². The van der Waals surface area contributed by atoms with Crippen LogP contribution in [-0.2, 0) is 4.79 Å². The highest BCUT2D eigenvalue weighted by atomic mass is 16.4. The molecule has 5 nitrogen and oxygen atoms in total. The van der Waals surface area contributed by atoms with Gasteiger partial charge in [0.25, 0.3) is 0 Å². The van der Waals surface area contributed by atoms with E-state index in [1.807, 2.05) is 20.8 Å². The summed E-state index contributed by atoms with van der Waals surface area (Å²) in [7, 11) is 0. The Balaban J connectivity index is 1.82. The minimum atomic E-state index is -0.723. The minimum absolute atomic E-state index is 0.0523. The molecule has 0 aromatic heterocycles. The fourth-order valence-corrected chi connectivity index (χ4v) is 3.46. The first-order chi connectivity index (χ1) is 9.82. The number of carbonyl (C=O) groups excluding carboxylic acids is 1. The molecule has 0 bridgehead atoms. The molecule has 0 saturated heterocycles. The Morgan fingerprint density at radius 2 is 1.86 bits per heavy atom. The van der Waals surface area contributed by atoms with E-state index in [1.165, 1.54) is 12.8 Å². The lowest BCUT2D eigenvalue weighted by molar-refractivity contribution is -0.150. The van der Waals surface area contributed by atoms with Crippen LogP contribution >= 0.6 is 0 Å². The third-order valence-electron chi connectivity index (χ3n) is 5.59. The average molecular weight is 296 g/mol. The minimum Gasteiger partial charge on any atom is -0.481 e. The first-order valence-electron chi connectivity index (χ1n) is 8.09. The van der Waals surface area contributed by atoms with E-state index < -0.39 is 5.97 Å². The highest BCUT2D eigenvalue weighted by Crippen LogP contribution is 2.45. The molecule has 0 radical (unpaired) electrons. The summed E-state index contributed by atoms with van der Waals surface area (Å²) in [6, 6.07) is -0.0615. The van der Waals surface area contributed by atoms with Gasteiger partial charge in [-0.15, -0.1) is 0 Å². The zero-order chi connectivity index (χ0) is 15.6. The molecular weight excluding hydrogens is 268 g/mol. The molecule has 2 aliphatic carbocycles. The Kier molecular flexibility index (Phi) is 4.79. The van der Waals surface area contributed by atoms with Gasteiger partial charge in [0.05, 0.1) is 5.92 Å². The van der Waals surface area contributed by atoms with Crippen LogP contribution in [0.4, 0.5) is 4.79 Å². The van der Waals surface area contributed by atoms with Crippen LogP contribution in [-0.4, -0.2) is 29.7 Å². The summed E-state index contributed by atoms with van der Waals surface area (Å²) in [5.41, 5.74) is -0.309. The number of carbonyl (C=O) groups is 2. The molecule has 2 amide bonds. The number of amides is 2. The molecule has 0 aromatic carbocycles. The van der Waals surface area contributed by atoms with E-state index in [4.69, 9.17) is 0 Å². The van der Waals surface area contributed by atoms with Crippen molar-refractivity contribution in [3.8, 4) is 0 Å². The van der Waals surface area contributed by atoms with Gasteiger partial charge in [-0.1, -0.05) is 33.6 Å². The molecule has 0 spiro atoms. The van der Waals surface area contributed by atoms with E-state index in [0.29, 0.717) is 6.42 Å². The van der Waals surface area contributed by atoms with Gasteiger partial charge in [-0.25, -0.2) is 4.79 Å². The van der Waals surface area contributed by atoms with Crippen molar-refractivity contribution < 1.29 is 14.7 Å². The topological polar surface area (TPSA) is 78.4 Å². The standard InChI is InChI=1S/C16H28N2O3/c1-10-13(7-6-12(14(19)20)16(10,2)3)18-15(21)17-9-8-11-4-5-11/h10-13H,4-9H2,1-3H3,(H,19,20)(H2,17,18,21). The zero-order valence-corrected chi connectivity index (χ0v) is 13.3. The van der Waals surface area contributed by atoms with Gasteiger partial charge in [0.1, 0.15) is 0 Å². The van der Waals surface area contributed by atoms with E-state index in [-0.39, 0.29) is 29.3 Å². The van der Waals surface area contributed by atoms with E-state index >= 15 is 0 Å². The number of carboxylic acid groups (broad SMARTS) is 1. The van der Waals surface area contributed by atoms with E-state index in [9.17, 15) is 14.7 Å². The predicted octanol–water partition coefficient (Wildman–Crippen LogP) is 2.61. The second-order valence-corrected chi connectivity index (χ2v) is 7.32. The summed E-state index contributed by atoms with van der Waals surface area (Å²) in [5.74, 6) is -0.0987. The highest BCUT2D eigenvalue weighted by molar-refractivity contribution is 5.74. The van der Waals surface area contributed by atoms with Crippen molar-refractivity contribution in [2.24, 2.45) is 23.2 Å². The maximum atomic E-state index is 11.9. The quantitative estimate of drug-likeness (QED) is 0.729. The van der Waals surface area contributed by atoms with Gasteiger partial charge in [0.15, 0.2) is 0 Å². The number of nitrogens with one attached hydrogen (secondary N) is 2. The maximum absolute atomic E-state index is 11.9. The molecule has 5 heteroatoms. The van der Waals surface area contributed by atoms with Gasteiger partial charge in [-0.05, 0) is 36.5 Å². The van der Waals surface area contributed by atoms with Crippen LogP contribution < -0.4 is 10.6 Å². The monoisotopic (exact) mass is 296 g/mol. The number of carboxylic acids is 1. The predicted molar refractivity (Wildman–Crippen MR) is 81.0 cm³/mol. The number of aliphatic carboxylic acids is 1. The molecule has 3 N–H and O–H groups in total. The summed E-state index contributed by atoms with van der Waals surface area (Å²) in [6.45, 7) is 6.77. The molecule has 0 heterocycles. The average Bonchev–Trinajstić information content (AvgIpc) is 3.18. The fraction of sp³-hybridized carbons (Fsp3) is 0.875. The second-order valence-electron chi connectivity index (χ2n) is 7.32. The summed E-state index contributed by atoms with van der Waals surface area (Å²) in [6.07, 6.45) is 5.03. The lowest BCUT2D eigenvalue weighted by Gasteiger charge is -2.46. The van der Waals surface area contributed by atoms with Crippen LogP contribution in [0, 0.1) is 23.2 Å². The SMILES string of the molecule is CC1C(NC(=O)NCCC2CC2)CCC(C(=O)O)C1(C)C. The molecule has 2 aliphatic rings. The van der Waals surface area contributed by atoms with E-state index in [2.05, 4.69) is 10.6 Å². The Labute approximate surface area is 126 Å². The van der Waals surface area contributed by atoms with Gasteiger partial charge >= 0.3 is 12.0 Å². The summed E-state index contributed by atoms with van der Waals surface area (Å²) in [5, 5.41) is 15.3. The number of hydrogen-bond donors (Lipinski definition) is 3. The van der Waals surface area contributed by atoms with Crippen LogP contribution in [0.2, 0.25) is 0 Å². The lowest BCUT2D eigenvalue weighted by Crippen LogP contribution is -2.54. The molecule has 2 rings (SSSR count). The van der Waals surface area contributed by atoms with Crippen LogP contribution in [0.3, 0.4) is 0 Å². The summed E-state index contributed by atoms with van der Waals surface area (Å²) in [4.78, 5) is 23.3. The first kappa shape index (κ1) is 16.1. The van der Waals surface area contributed by atoms with Crippen molar-refractivity contribution in [3.05, 3.63) is 0 Å². The van der Waals surface area contributed by atoms with E-state index in [0.717, 1.165) is 25.3 Å². The Morgan fingerprint density at radius 1 is 1.19 bits per heavy atom. The van der Waals surface area contributed by atoms with Crippen LogP contribution in [0.25, 0.3) is 0 Å². The maximum Gasteiger partial charge on any atom is 0.315 e. The Morgan fingerprint density at radius 3 is 2.43 bits per heavy atom. The van der Waals surface area contributed by atoms with Crippen molar-refractivity contribution in [1.82, 2.24) is 10.6 Å². The molecule has 0 aliphatic heterocycles. The molecule has 21 heavy (non-hydrogen) atoms. The third kappa shape index (κ3) is 3.89. The van der Waals surface area contributed by atoms with Crippen LogP contribution in [0.15, 0.2) is 0 Å². The lowest BCUT2D eigenvalue weighted by atomic mass is 9.61. The summed E-state index contributed by atoms with van der Waals surface area (Å²) >= 11 is 0. The highest BCUT2D eigenvalue weighted by Gasteiger charge is 2.46. The summed E-state index contributed by atoms with van der Waals surface area (Å²) < 4.78 is 0. The molecule has 120 valence electrons. The zero-order valence-electron chi connectivity index (χ0n) is 13.3. The molecular formula is C16H28N2O3.